The average Bonchev–Trinajstić information content (AvgIpc) is 2.16. The summed E-state index contributed by atoms with van der Waals surface area (Å²) in [6, 6.07) is -0.123. The van der Waals surface area contributed by atoms with E-state index in [0.717, 1.165) is 25.8 Å². The van der Waals surface area contributed by atoms with Gasteiger partial charge in [0, 0.05) is 0 Å². The maximum absolute atomic E-state index is 11.3. The minimum absolute atomic E-state index is 0.123. The second-order valence-electron chi connectivity index (χ2n) is 4.02. The summed E-state index contributed by atoms with van der Waals surface area (Å²) in [5.74, 6) is 0.419. The van der Waals surface area contributed by atoms with Crippen LogP contribution >= 0.6 is 0 Å². The van der Waals surface area contributed by atoms with E-state index >= 15 is 0 Å². The van der Waals surface area contributed by atoms with Crippen molar-refractivity contribution < 1.29 is 9.53 Å². The Hall–Kier alpha value is -0.570. The summed E-state index contributed by atoms with van der Waals surface area (Å²) in [6.07, 6.45) is 3.04. The van der Waals surface area contributed by atoms with Crippen LogP contribution in [0.3, 0.4) is 0 Å². The lowest BCUT2D eigenvalue weighted by Gasteiger charge is -2.17. The van der Waals surface area contributed by atoms with E-state index in [-0.39, 0.29) is 12.0 Å². The van der Waals surface area contributed by atoms with Crippen molar-refractivity contribution in [2.75, 3.05) is 13.7 Å². The Labute approximate surface area is 87.2 Å². The summed E-state index contributed by atoms with van der Waals surface area (Å²) in [5.41, 5.74) is 0. The van der Waals surface area contributed by atoms with Crippen molar-refractivity contribution in [2.24, 2.45) is 5.92 Å². The predicted octanol–water partition coefficient (Wildman–Crippen LogP) is 1.96. The summed E-state index contributed by atoms with van der Waals surface area (Å²) in [7, 11) is 1.44. The van der Waals surface area contributed by atoms with Gasteiger partial charge < -0.3 is 10.1 Å². The number of nitrogens with one attached hydrogen (secondary N) is 1. The standard InChI is InChI=1S/C11H23NO2/c1-5-6-7-10(11(13)14-4)12-8-9(2)3/h9-10,12H,5-8H2,1-4H3. The molecule has 0 heterocycles. The highest BCUT2D eigenvalue weighted by Gasteiger charge is 2.17. The molecule has 0 aliphatic rings. The normalized spacial score (nSPS) is 12.9. The summed E-state index contributed by atoms with van der Waals surface area (Å²) in [6.45, 7) is 7.24. The Morgan fingerprint density at radius 1 is 1.43 bits per heavy atom. The van der Waals surface area contributed by atoms with Gasteiger partial charge in [-0.3, -0.25) is 4.79 Å². The second kappa shape index (κ2) is 7.80. The van der Waals surface area contributed by atoms with E-state index in [1.54, 1.807) is 0 Å². The van der Waals surface area contributed by atoms with E-state index in [1.165, 1.54) is 7.11 Å². The Kier molecular flexibility index (Phi) is 7.48. The molecule has 3 heteroatoms. The molecular weight excluding hydrogens is 178 g/mol. The van der Waals surface area contributed by atoms with Crippen LogP contribution in [-0.4, -0.2) is 25.7 Å². The highest BCUT2D eigenvalue weighted by Crippen LogP contribution is 2.03. The summed E-state index contributed by atoms with van der Waals surface area (Å²) < 4.78 is 4.74. The van der Waals surface area contributed by atoms with E-state index in [2.05, 4.69) is 26.1 Å². The van der Waals surface area contributed by atoms with Gasteiger partial charge in [-0.1, -0.05) is 33.6 Å². The number of carbonyl (C=O) groups is 1. The Morgan fingerprint density at radius 3 is 2.50 bits per heavy atom. The third-order valence-corrected chi connectivity index (χ3v) is 2.10. The minimum atomic E-state index is -0.140. The molecule has 0 aromatic heterocycles. The lowest BCUT2D eigenvalue weighted by molar-refractivity contribution is -0.143. The molecule has 0 aliphatic carbocycles. The third-order valence-electron chi connectivity index (χ3n) is 2.10. The van der Waals surface area contributed by atoms with Crippen molar-refractivity contribution in [3.63, 3.8) is 0 Å². The molecule has 1 unspecified atom stereocenters. The number of unbranched alkanes of at least 4 members (excludes halogenated alkanes) is 1. The van der Waals surface area contributed by atoms with Gasteiger partial charge in [0.25, 0.3) is 0 Å². The minimum Gasteiger partial charge on any atom is -0.468 e. The predicted molar refractivity (Wildman–Crippen MR) is 58.2 cm³/mol. The van der Waals surface area contributed by atoms with Gasteiger partial charge in [-0.2, -0.15) is 0 Å². The van der Waals surface area contributed by atoms with Crippen LogP contribution in [0.1, 0.15) is 40.0 Å². The van der Waals surface area contributed by atoms with Crippen molar-refractivity contribution in [2.45, 2.75) is 46.1 Å². The Balaban J connectivity index is 3.90. The summed E-state index contributed by atoms with van der Waals surface area (Å²) in [4.78, 5) is 11.3. The van der Waals surface area contributed by atoms with Crippen LogP contribution in [-0.2, 0) is 9.53 Å². The fourth-order valence-electron chi connectivity index (χ4n) is 1.23. The van der Waals surface area contributed by atoms with Crippen LogP contribution in [0, 0.1) is 5.92 Å². The number of methoxy groups -OCH3 is 1. The molecule has 0 aromatic rings. The smallest absolute Gasteiger partial charge is 0.322 e. The van der Waals surface area contributed by atoms with Gasteiger partial charge in [0.1, 0.15) is 6.04 Å². The van der Waals surface area contributed by atoms with Crippen molar-refractivity contribution in [3.8, 4) is 0 Å². The molecule has 0 rings (SSSR count). The van der Waals surface area contributed by atoms with Crippen LogP contribution in [0.25, 0.3) is 0 Å². The number of hydrogen-bond donors (Lipinski definition) is 1. The van der Waals surface area contributed by atoms with Crippen LogP contribution in [0.2, 0.25) is 0 Å². The summed E-state index contributed by atoms with van der Waals surface area (Å²) >= 11 is 0. The molecule has 14 heavy (non-hydrogen) atoms. The van der Waals surface area contributed by atoms with Gasteiger partial charge in [-0.05, 0) is 18.9 Å². The Morgan fingerprint density at radius 2 is 2.07 bits per heavy atom. The highest BCUT2D eigenvalue weighted by molar-refractivity contribution is 5.75. The topological polar surface area (TPSA) is 38.3 Å². The maximum atomic E-state index is 11.3. The van der Waals surface area contributed by atoms with Gasteiger partial charge in [-0.25, -0.2) is 0 Å². The lowest BCUT2D eigenvalue weighted by atomic mass is 10.1. The van der Waals surface area contributed by atoms with Crippen LogP contribution < -0.4 is 5.32 Å². The maximum Gasteiger partial charge on any atom is 0.322 e. The molecule has 0 bridgehead atoms. The molecule has 1 N–H and O–H groups in total. The molecule has 3 nitrogen and oxygen atoms in total. The molecule has 0 saturated carbocycles. The van der Waals surface area contributed by atoms with Crippen molar-refractivity contribution in [3.05, 3.63) is 0 Å². The van der Waals surface area contributed by atoms with Crippen molar-refractivity contribution >= 4 is 5.97 Å². The van der Waals surface area contributed by atoms with Gasteiger partial charge in [0.2, 0.25) is 0 Å². The number of esters is 1. The zero-order valence-corrected chi connectivity index (χ0v) is 9.80. The van der Waals surface area contributed by atoms with E-state index in [9.17, 15) is 4.79 Å². The van der Waals surface area contributed by atoms with Gasteiger partial charge in [0.05, 0.1) is 7.11 Å². The highest BCUT2D eigenvalue weighted by atomic mass is 16.5. The molecule has 0 aromatic carbocycles. The van der Waals surface area contributed by atoms with E-state index in [1.807, 2.05) is 0 Å². The third kappa shape index (κ3) is 5.97. The van der Waals surface area contributed by atoms with E-state index in [0.29, 0.717) is 5.92 Å². The molecule has 0 saturated heterocycles. The number of carbonyl (C=O) groups excluding carboxylic acids is 1. The molecule has 0 spiro atoms. The second-order valence-corrected chi connectivity index (χ2v) is 4.02. The monoisotopic (exact) mass is 201 g/mol. The van der Waals surface area contributed by atoms with Gasteiger partial charge in [0.15, 0.2) is 0 Å². The fraction of sp³-hybridized carbons (Fsp3) is 0.909. The number of ether oxygens (including phenoxy) is 1. The van der Waals surface area contributed by atoms with E-state index in [4.69, 9.17) is 4.74 Å². The first-order valence-electron chi connectivity index (χ1n) is 5.43. The van der Waals surface area contributed by atoms with Gasteiger partial charge in [-0.15, -0.1) is 0 Å². The van der Waals surface area contributed by atoms with Crippen LogP contribution in [0.5, 0.6) is 0 Å². The molecule has 0 aliphatic heterocycles. The zero-order chi connectivity index (χ0) is 11.0. The largest absolute Gasteiger partial charge is 0.468 e. The lowest BCUT2D eigenvalue weighted by Crippen LogP contribution is -2.39. The first-order chi connectivity index (χ1) is 6.61. The molecule has 0 fully saturated rings. The molecule has 1 atom stereocenters. The Bertz CT molecular complexity index is 157. The van der Waals surface area contributed by atoms with Crippen molar-refractivity contribution in [1.29, 1.82) is 0 Å². The first-order valence-corrected chi connectivity index (χ1v) is 5.43. The molecule has 0 radical (unpaired) electrons. The summed E-state index contributed by atoms with van der Waals surface area (Å²) in [5, 5.41) is 3.23. The average molecular weight is 201 g/mol. The van der Waals surface area contributed by atoms with Crippen LogP contribution in [0.4, 0.5) is 0 Å². The molecule has 0 amide bonds. The zero-order valence-electron chi connectivity index (χ0n) is 9.80. The first kappa shape index (κ1) is 13.4. The fourth-order valence-corrected chi connectivity index (χ4v) is 1.23. The quantitative estimate of drug-likeness (QED) is 0.640. The number of hydrogen-bond acceptors (Lipinski definition) is 3. The van der Waals surface area contributed by atoms with Crippen LogP contribution in [0.15, 0.2) is 0 Å². The molecule has 84 valence electrons. The molecular formula is C11H23NO2. The number of rotatable bonds is 7. The SMILES string of the molecule is CCCCC(NCC(C)C)C(=O)OC. The van der Waals surface area contributed by atoms with Gasteiger partial charge >= 0.3 is 5.97 Å². The van der Waals surface area contributed by atoms with E-state index < -0.39 is 0 Å². The van der Waals surface area contributed by atoms with Crippen molar-refractivity contribution in [1.82, 2.24) is 5.32 Å².